The molecule has 0 saturated carbocycles. The molecule has 1 amide bonds. The van der Waals surface area contributed by atoms with Crippen LogP contribution >= 0.6 is 11.6 Å². The minimum atomic E-state index is -0.511. The number of aromatic nitrogens is 5. The Labute approximate surface area is 237 Å². The van der Waals surface area contributed by atoms with Gasteiger partial charge in [0.2, 0.25) is 5.95 Å². The monoisotopic (exact) mass is 559 g/mol. The topological polar surface area (TPSA) is 125 Å². The number of halogens is 1. The lowest BCUT2D eigenvalue weighted by molar-refractivity contribution is 0.0240. The van der Waals surface area contributed by atoms with Crippen LogP contribution in [-0.2, 0) is 4.74 Å². The molecule has 0 radical (unpaired) electrons. The van der Waals surface area contributed by atoms with Gasteiger partial charge in [-0.15, -0.1) is 0 Å². The first-order valence-corrected chi connectivity index (χ1v) is 13.3. The Kier molecular flexibility index (Phi) is 7.45. The van der Waals surface area contributed by atoms with Crippen LogP contribution < -0.4 is 10.2 Å². The Morgan fingerprint density at radius 1 is 1.10 bits per heavy atom. The number of fused-ring (bicyclic) bond motifs is 1. The van der Waals surface area contributed by atoms with E-state index >= 15 is 0 Å². The number of rotatable bonds is 5. The predicted octanol–water partition coefficient (Wildman–Crippen LogP) is 4.94. The summed E-state index contributed by atoms with van der Waals surface area (Å²) in [4.78, 5) is 34.3. The van der Waals surface area contributed by atoms with E-state index in [0.717, 1.165) is 11.4 Å². The number of amides is 1. The van der Waals surface area contributed by atoms with Crippen LogP contribution in [0.25, 0.3) is 17.0 Å². The summed E-state index contributed by atoms with van der Waals surface area (Å²) in [5.74, 6) is 1.23. The lowest BCUT2D eigenvalue weighted by Gasteiger charge is -2.36. The van der Waals surface area contributed by atoms with Crippen LogP contribution in [0.4, 0.5) is 16.6 Å². The number of imidazole rings is 1. The van der Waals surface area contributed by atoms with Crippen molar-refractivity contribution in [2.75, 3.05) is 36.4 Å². The molecule has 11 nitrogen and oxygen atoms in total. The molecule has 1 aliphatic heterocycles. The minimum Gasteiger partial charge on any atom is -0.444 e. The van der Waals surface area contributed by atoms with Gasteiger partial charge < -0.3 is 19.9 Å². The van der Waals surface area contributed by atoms with Gasteiger partial charge in [0, 0.05) is 38.6 Å². The molecular formula is C28H30ClN9O2. The fourth-order valence-electron chi connectivity index (χ4n) is 4.44. The molecule has 0 spiro atoms. The summed E-state index contributed by atoms with van der Waals surface area (Å²) in [7, 11) is 0. The van der Waals surface area contributed by atoms with Gasteiger partial charge in [-0.2, -0.15) is 5.26 Å². The predicted molar refractivity (Wildman–Crippen MR) is 152 cm³/mol. The van der Waals surface area contributed by atoms with Crippen LogP contribution in [0.3, 0.4) is 0 Å². The van der Waals surface area contributed by atoms with E-state index < -0.39 is 5.60 Å². The molecule has 1 fully saturated rings. The Bertz CT molecular complexity index is 1570. The number of ether oxygens (including phenoxy) is 1. The van der Waals surface area contributed by atoms with Crippen molar-refractivity contribution in [2.45, 2.75) is 39.3 Å². The molecule has 1 unspecified atom stereocenters. The van der Waals surface area contributed by atoms with Crippen molar-refractivity contribution in [3.05, 3.63) is 65.2 Å². The summed E-state index contributed by atoms with van der Waals surface area (Å²) in [6.45, 7) is 10.1. The number of piperazine rings is 1. The van der Waals surface area contributed by atoms with Crippen LogP contribution in [-0.4, -0.2) is 67.1 Å². The highest BCUT2D eigenvalue weighted by molar-refractivity contribution is 6.33. The third kappa shape index (κ3) is 5.77. The quantitative estimate of drug-likeness (QED) is 0.362. The SMILES string of the molecule is CC(Nc1ncc(C#N)c(-c2cnc3c(Cl)cccn23)n1)c1ccc(N2CCN(C(=O)OC(C)(C)C)CC2)nc1. The van der Waals surface area contributed by atoms with Crippen molar-refractivity contribution in [1.29, 1.82) is 5.26 Å². The highest BCUT2D eigenvalue weighted by Crippen LogP contribution is 2.27. The van der Waals surface area contributed by atoms with E-state index in [1.807, 2.05) is 58.3 Å². The van der Waals surface area contributed by atoms with Gasteiger partial charge in [0.15, 0.2) is 5.65 Å². The average molecular weight is 560 g/mol. The fourth-order valence-corrected chi connectivity index (χ4v) is 4.66. The van der Waals surface area contributed by atoms with E-state index in [4.69, 9.17) is 16.3 Å². The van der Waals surface area contributed by atoms with E-state index in [9.17, 15) is 10.1 Å². The third-order valence-corrected chi connectivity index (χ3v) is 6.81. The lowest BCUT2D eigenvalue weighted by atomic mass is 10.1. The zero-order valence-electron chi connectivity index (χ0n) is 22.8. The zero-order valence-corrected chi connectivity index (χ0v) is 23.6. The molecule has 4 aromatic heterocycles. The third-order valence-electron chi connectivity index (χ3n) is 6.51. The second kappa shape index (κ2) is 11.0. The van der Waals surface area contributed by atoms with E-state index in [1.54, 1.807) is 21.6 Å². The van der Waals surface area contributed by atoms with Gasteiger partial charge in [-0.3, -0.25) is 4.40 Å². The molecule has 1 N–H and O–H groups in total. The number of carbonyl (C=O) groups is 1. The summed E-state index contributed by atoms with van der Waals surface area (Å²) >= 11 is 6.28. The first-order chi connectivity index (χ1) is 19.1. The van der Waals surface area contributed by atoms with Gasteiger partial charge in [-0.25, -0.2) is 24.7 Å². The zero-order chi connectivity index (χ0) is 28.4. The van der Waals surface area contributed by atoms with Crippen molar-refractivity contribution in [1.82, 2.24) is 29.2 Å². The molecule has 1 aliphatic rings. The van der Waals surface area contributed by atoms with Crippen molar-refractivity contribution >= 4 is 35.1 Å². The number of hydrogen-bond donors (Lipinski definition) is 1. The maximum Gasteiger partial charge on any atom is 0.410 e. The first-order valence-electron chi connectivity index (χ1n) is 13.0. The van der Waals surface area contributed by atoms with Gasteiger partial charge in [0.05, 0.1) is 34.7 Å². The largest absolute Gasteiger partial charge is 0.444 e. The highest BCUT2D eigenvalue weighted by atomic mass is 35.5. The van der Waals surface area contributed by atoms with Crippen LogP contribution in [0.5, 0.6) is 0 Å². The second-order valence-corrected chi connectivity index (χ2v) is 10.9. The summed E-state index contributed by atoms with van der Waals surface area (Å²) < 4.78 is 7.28. The van der Waals surface area contributed by atoms with Gasteiger partial charge >= 0.3 is 6.09 Å². The van der Waals surface area contributed by atoms with Crippen LogP contribution in [0.1, 0.15) is 44.9 Å². The fraction of sp³-hybridized carbons (Fsp3) is 0.357. The molecule has 12 heteroatoms. The van der Waals surface area contributed by atoms with Crippen molar-refractivity contribution < 1.29 is 9.53 Å². The molecule has 4 aromatic rings. The normalized spacial score (nSPS) is 14.6. The molecule has 5 heterocycles. The molecule has 0 bridgehead atoms. The molecule has 1 atom stereocenters. The number of anilines is 2. The first kappa shape index (κ1) is 27.1. The molecule has 0 aliphatic carbocycles. The van der Waals surface area contributed by atoms with Crippen LogP contribution in [0.2, 0.25) is 5.02 Å². The Morgan fingerprint density at radius 3 is 2.55 bits per heavy atom. The van der Waals surface area contributed by atoms with E-state index in [0.29, 0.717) is 59.7 Å². The van der Waals surface area contributed by atoms with Crippen molar-refractivity contribution in [3.8, 4) is 17.5 Å². The van der Waals surface area contributed by atoms with E-state index in [2.05, 4.69) is 36.2 Å². The van der Waals surface area contributed by atoms with Crippen molar-refractivity contribution in [3.63, 3.8) is 0 Å². The van der Waals surface area contributed by atoms with Crippen molar-refractivity contribution in [2.24, 2.45) is 0 Å². The Morgan fingerprint density at radius 2 is 1.88 bits per heavy atom. The number of pyridine rings is 2. The number of carbonyl (C=O) groups excluding carboxylic acids is 1. The molecule has 0 aromatic carbocycles. The summed E-state index contributed by atoms with van der Waals surface area (Å²) in [6, 6.07) is 9.57. The molecule has 1 saturated heterocycles. The Balaban J connectivity index is 1.26. The molecule has 206 valence electrons. The number of hydrogen-bond acceptors (Lipinski definition) is 9. The second-order valence-electron chi connectivity index (χ2n) is 10.5. The van der Waals surface area contributed by atoms with Gasteiger partial charge in [-0.1, -0.05) is 17.7 Å². The minimum absolute atomic E-state index is 0.150. The van der Waals surface area contributed by atoms with E-state index in [-0.39, 0.29) is 12.1 Å². The summed E-state index contributed by atoms with van der Waals surface area (Å²) in [6.07, 6.45) is 6.51. The molecule has 5 rings (SSSR count). The van der Waals surface area contributed by atoms with Gasteiger partial charge in [-0.05, 0) is 51.5 Å². The lowest BCUT2D eigenvalue weighted by Crippen LogP contribution is -2.50. The van der Waals surface area contributed by atoms with Crippen LogP contribution in [0.15, 0.2) is 49.1 Å². The number of nitrogens with zero attached hydrogens (tertiary/aromatic N) is 8. The molecule has 40 heavy (non-hydrogen) atoms. The summed E-state index contributed by atoms with van der Waals surface area (Å²) in [5, 5.41) is 13.5. The standard InChI is InChI=1S/C28H30ClN9O2/c1-18(19-7-8-23(31-15-19)36-10-12-37(13-11-36)27(39)40-28(2,3)4)34-26-33-16-20(14-30)24(35-26)22-17-32-25-21(29)6-5-9-38(22)25/h5-9,15-18H,10-13H2,1-4H3,(H,33,34,35). The average Bonchev–Trinajstić information content (AvgIpc) is 3.38. The van der Waals surface area contributed by atoms with Gasteiger partial charge in [0.25, 0.3) is 0 Å². The van der Waals surface area contributed by atoms with E-state index in [1.165, 1.54) is 6.20 Å². The molecular weight excluding hydrogens is 530 g/mol. The van der Waals surface area contributed by atoms with Gasteiger partial charge in [0.1, 0.15) is 23.2 Å². The van der Waals surface area contributed by atoms with Crippen LogP contribution in [0, 0.1) is 11.3 Å². The smallest absolute Gasteiger partial charge is 0.410 e. The number of nitriles is 1. The maximum absolute atomic E-state index is 12.3. The highest BCUT2D eigenvalue weighted by Gasteiger charge is 2.26. The number of nitrogens with one attached hydrogen (secondary N) is 1. The maximum atomic E-state index is 12.3. The summed E-state index contributed by atoms with van der Waals surface area (Å²) in [5.41, 5.74) is 2.46. The Hall–Kier alpha value is -4.43.